The molecule has 0 bridgehead atoms. The van der Waals surface area contributed by atoms with Gasteiger partial charge in [-0.1, -0.05) is 35.9 Å². The fraction of sp³-hybridized carbons (Fsp3) is 0.250. The van der Waals surface area contributed by atoms with Gasteiger partial charge in [-0.05, 0) is 36.5 Å². The standard InChI is InChI=1S/C16H15ClN4/c17-11-8-13-15(19-9-11)21(16(18)20-13)14-7-3-5-10-4-1-2-6-12(10)14/h1-2,4,6,8-9,14H,3,5,7H2,(H2,18,20). The maximum absolute atomic E-state index is 6.16. The van der Waals surface area contributed by atoms with Gasteiger partial charge in [-0.3, -0.25) is 4.57 Å². The SMILES string of the molecule is Nc1nc2cc(Cl)cnc2n1C1CCCc2ccccc21. The Labute approximate surface area is 127 Å². The molecule has 1 atom stereocenters. The van der Waals surface area contributed by atoms with Crippen molar-refractivity contribution < 1.29 is 0 Å². The molecule has 0 fully saturated rings. The third kappa shape index (κ3) is 1.98. The molecule has 21 heavy (non-hydrogen) atoms. The second-order valence-corrected chi connectivity index (χ2v) is 5.88. The van der Waals surface area contributed by atoms with Gasteiger partial charge in [0.15, 0.2) is 5.65 Å². The molecule has 2 heterocycles. The Morgan fingerprint density at radius 2 is 2.14 bits per heavy atom. The monoisotopic (exact) mass is 298 g/mol. The van der Waals surface area contributed by atoms with Crippen molar-refractivity contribution in [1.29, 1.82) is 0 Å². The van der Waals surface area contributed by atoms with Gasteiger partial charge in [-0.2, -0.15) is 0 Å². The van der Waals surface area contributed by atoms with E-state index < -0.39 is 0 Å². The zero-order chi connectivity index (χ0) is 14.4. The summed E-state index contributed by atoms with van der Waals surface area (Å²) in [5, 5.41) is 0.580. The van der Waals surface area contributed by atoms with Gasteiger partial charge < -0.3 is 5.73 Å². The molecule has 0 saturated heterocycles. The number of nitrogens with two attached hydrogens (primary N) is 1. The summed E-state index contributed by atoms with van der Waals surface area (Å²) in [6.45, 7) is 0. The number of hydrogen-bond donors (Lipinski definition) is 1. The molecule has 0 radical (unpaired) electrons. The lowest BCUT2D eigenvalue weighted by Crippen LogP contribution is -2.19. The van der Waals surface area contributed by atoms with Crippen molar-refractivity contribution in [1.82, 2.24) is 14.5 Å². The van der Waals surface area contributed by atoms with E-state index in [1.807, 2.05) is 10.6 Å². The van der Waals surface area contributed by atoms with Crippen LogP contribution in [-0.2, 0) is 6.42 Å². The van der Waals surface area contributed by atoms with Crippen molar-refractivity contribution in [2.24, 2.45) is 0 Å². The lowest BCUT2D eigenvalue weighted by Gasteiger charge is -2.27. The van der Waals surface area contributed by atoms with Gasteiger partial charge in [0.25, 0.3) is 0 Å². The Bertz CT molecular complexity index is 824. The molecule has 106 valence electrons. The summed E-state index contributed by atoms with van der Waals surface area (Å²) in [7, 11) is 0. The molecule has 5 heteroatoms. The van der Waals surface area contributed by atoms with E-state index in [2.05, 4.69) is 34.2 Å². The Morgan fingerprint density at radius 1 is 1.29 bits per heavy atom. The lowest BCUT2D eigenvalue weighted by molar-refractivity contribution is 0.502. The second kappa shape index (κ2) is 4.74. The number of aryl methyl sites for hydroxylation is 1. The Hall–Kier alpha value is -2.07. The molecule has 2 N–H and O–H groups in total. The quantitative estimate of drug-likeness (QED) is 0.747. The molecule has 1 aromatic carbocycles. The molecule has 1 aliphatic carbocycles. The minimum Gasteiger partial charge on any atom is -0.369 e. The van der Waals surface area contributed by atoms with Crippen LogP contribution in [0, 0.1) is 0 Å². The normalized spacial score (nSPS) is 17.9. The van der Waals surface area contributed by atoms with Crippen LogP contribution >= 0.6 is 11.6 Å². The Balaban J connectivity index is 1.94. The number of imidazole rings is 1. The molecule has 1 aliphatic rings. The Kier molecular flexibility index (Phi) is 2.86. The molecule has 0 saturated carbocycles. The fourth-order valence-corrected chi connectivity index (χ4v) is 3.43. The fourth-order valence-electron chi connectivity index (χ4n) is 3.28. The summed E-state index contributed by atoms with van der Waals surface area (Å²) in [5.41, 5.74) is 10.4. The first-order chi connectivity index (χ1) is 10.2. The molecule has 4 nitrogen and oxygen atoms in total. The third-order valence-corrected chi connectivity index (χ3v) is 4.38. The van der Waals surface area contributed by atoms with Crippen LogP contribution < -0.4 is 5.73 Å². The van der Waals surface area contributed by atoms with Crippen LogP contribution in [0.25, 0.3) is 11.2 Å². The second-order valence-electron chi connectivity index (χ2n) is 5.44. The summed E-state index contributed by atoms with van der Waals surface area (Å²) in [6, 6.07) is 10.6. The van der Waals surface area contributed by atoms with Crippen LogP contribution in [0.4, 0.5) is 5.95 Å². The van der Waals surface area contributed by atoms with E-state index in [0.29, 0.717) is 11.0 Å². The van der Waals surface area contributed by atoms with E-state index in [9.17, 15) is 0 Å². The molecule has 0 spiro atoms. The summed E-state index contributed by atoms with van der Waals surface area (Å²) < 4.78 is 2.05. The van der Waals surface area contributed by atoms with E-state index in [1.165, 1.54) is 11.1 Å². The number of halogens is 1. The number of aromatic nitrogens is 3. The number of anilines is 1. The van der Waals surface area contributed by atoms with Crippen LogP contribution in [0.15, 0.2) is 36.5 Å². The largest absolute Gasteiger partial charge is 0.369 e. The van der Waals surface area contributed by atoms with Gasteiger partial charge in [0.1, 0.15) is 5.52 Å². The van der Waals surface area contributed by atoms with Crippen molar-refractivity contribution >= 4 is 28.7 Å². The summed E-state index contributed by atoms with van der Waals surface area (Å²) in [4.78, 5) is 8.85. The first kappa shape index (κ1) is 12.7. The third-order valence-electron chi connectivity index (χ3n) is 4.17. The van der Waals surface area contributed by atoms with Crippen molar-refractivity contribution in [3.8, 4) is 0 Å². The van der Waals surface area contributed by atoms with Crippen LogP contribution in [0.2, 0.25) is 5.02 Å². The average Bonchev–Trinajstić information content (AvgIpc) is 2.81. The summed E-state index contributed by atoms with van der Waals surface area (Å²) in [5.74, 6) is 0.501. The van der Waals surface area contributed by atoms with Crippen molar-refractivity contribution in [3.05, 3.63) is 52.7 Å². The highest BCUT2D eigenvalue weighted by Crippen LogP contribution is 2.36. The van der Waals surface area contributed by atoms with Crippen LogP contribution in [-0.4, -0.2) is 14.5 Å². The lowest BCUT2D eigenvalue weighted by atomic mass is 9.87. The number of pyridine rings is 1. The number of rotatable bonds is 1. The maximum Gasteiger partial charge on any atom is 0.203 e. The first-order valence-electron chi connectivity index (χ1n) is 7.11. The van der Waals surface area contributed by atoms with E-state index in [-0.39, 0.29) is 6.04 Å². The zero-order valence-corrected chi connectivity index (χ0v) is 12.2. The van der Waals surface area contributed by atoms with Gasteiger partial charge in [0.05, 0.1) is 11.1 Å². The average molecular weight is 299 g/mol. The van der Waals surface area contributed by atoms with E-state index in [1.54, 1.807) is 6.20 Å². The van der Waals surface area contributed by atoms with Gasteiger partial charge in [-0.15, -0.1) is 0 Å². The zero-order valence-electron chi connectivity index (χ0n) is 11.5. The highest BCUT2D eigenvalue weighted by atomic mass is 35.5. The van der Waals surface area contributed by atoms with Gasteiger partial charge in [0.2, 0.25) is 5.95 Å². The molecular formula is C16H15ClN4. The van der Waals surface area contributed by atoms with Crippen molar-refractivity contribution in [2.75, 3.05) is 5.73 Å². The molecule has 3 aromatic rings. The van der Waals surface area contributed by atoms with Crippen LogP contribution in [0.5, 0.6) is 0 Å². The first-order valence-corrected chi connectivity index (χ1v) is 7.48. The van der Waals surface area contributed by atoms with Gasteiger partial charge >= 0.3 is 0 Å². The predicted molar refractivity (Wildman–Crippen MR) is 84.5 cm³/mol. The molecule has 1 unspecified atom stereocenters. The molecule has 0 aliphatic heterocycles. The molecule has 4 rings (SSSR count). The minimum absolute atomic E-state index is 0.202. The van der Waals surface area contributed by atoms with Crippen LogP contribution in [0.3, 0.4) is 0 Å². The molecular weight excluding hydrogens is 284 g/mol. The topological polar surface area (TPSA) is 56.7 Å². The molecule has 0 amide bonds. The molecule has 2 aromatic heterocycles. The maximum atomic E-state index is 6.16. The van der Waals surface area contributed by atoms with Crippen molar-refractivity contribution in [2.45, 2.75) is 25.3 Å². The van der Waals surface area contributed by atoms with Crippen molar-refractivity contribution in [3.63, 3.8) is 0 Å². The summed E-state index contributed by atoms with van der Waals surface area (Å²) in [6.07, 6.45) is 4.97. The summed E-state index contributed by atoms with van der Waals surface area (Å²) >= 11 is 5.99. The highest BCUT2D eigenvalue weighted by Gasteiger charge is 2.25. The van der Waals surface area contributed by atoms with Crippen LogP contribution in [0.1, 0.15) is 30.0 Å². The minimum atomic E-state index is 0.202. The number of benzene rings is 1. The number of nitrogens with zero attached hydrogens (tertiary/aromatic N) is 3. The number of nitrogen functional groups attached to an aromatic ring is 1. The number of hydrogen-bond acceptors (Lipinski definition) is 3. The number of fused-ring (bicyclic) bond motifs is 2. The smallest absolute Gasteiger partial charge is 0.203 e. The Morgan fingerprint density at radius 3 is 3.05 bits per heavy atom. The predicted octanol–water partition coefficient (Wildman–Crippen LogP) is 3.59. The van der Waals surface area contributed by atoms with Gasteiger partial charge in [0, 0.05) is 6.20 Å². The van der Waals surface area contributed by atoms with E-state index >= 15 is 0 Å². The highest BCUT2D eigenvalue weighted by molar-refractivity contribution is 6.31. The van der Waals surface area contributed by atoms with E-state index in [0.717, 1.165) is 30.4 Å². The van der Waals surface area contributed by atoms with E-state index in [4.69, 9.17) is 17.3 Å². The van der Waals surface area contributed by atoms with Gasteiger partial charge in [-0.25, -0.2) is 9.97 Å².